The molecule has 1 rings (SSSR count). The molecule has 4 nitrogen and oxygen atoms in total. The Morgan fingerprint density at radius 1 is 1.69 bits per heavy atom. The lowest BCUT2D eigenvalue weighted by Crippen LogP contribution is -2.28. The predicted octanol–water partition coefficient (Wildman–Crippen LogP) is 0.455. The van der Waals surface area contributed by atoms with Crippen LogP contribution in [0, 0.1) is 11.3 Å². The van der Waals surface area contributed by atoms with E-state index in [0.29, 0.717) is 13.0 Å². The Morgan fingerprint density at radius 3 is 3.08 bits per heavy atom. The van der Waals surface area contributed by atoms with Crippen LogP contribution in [0.25, 0.3) is 0 Å². The molecule has 0 spiro atoms. The molecule has 0 aromatic rings. The quantitative estimate of drug-likeness (QED) is 0.646. The Kier molecular flexibility index (Phi) is 4.16. The first-order valence-corrected chi connectivity index (χ1v) is 4.52. The highest BCUT2D eigenvalue weighted by Crippen LogP contribution is 2.22. The van der Waals surface area contributed by atoms with Crippen molar-refractivity contribution in [3.8, 4) is 6.07 Å². The van der Waals surface area contributed by atoms with Gasteiger partial charge in [-0.2, -0.15) is 5.26 Å². The maximum Gasteiger partial charge on any atom is 0.107 e. The number of ether oxygens (including phenoxy) is 2. The van der Waals surface area contributed by atoms with Gasteiger partial charge in [-0.3, -0.25) is 0 Å². The number of aliphatic hydroxyl groups is 1. The van der Waals surface area contributed by atoms with Crippen molar-refractivity contribution >= 4 is 0 Å². The van der Waals surface area contributed by atoms with Crippen molar-refractivity contribution in [3.63, 3.8) is 0 Å². The molecule has 4 heteroatoms. The summed E-state index contributed by atoms with van der Waals surface area (Å²) >= 11 is 0. The van der Waals surface area contributed by atoms with Crippen molar-refractivity contribution in [2.45, 2.75) is 38.1 Å². The third-order valence-corrected chi connectivity index (χ3v) is 2.11. The SMILES string of the molecule is C[C@H]1CC(OCCC#N)[C@@H](CO)O1. The van der Waals surface area contributed by atoms with Gasteiger partial charge in [-0.25, -0.2) is 0 Å². The average Bonchev–Trinajstić information content (AvgIpc) is 2.47. The van der Waals surface area contributed by atoms with E-state index in [9.17, 15) is 0 Å². The summed E-state index contributed by atoms with van der Waals surface area (Å²) in [5, 5.41) is 17.2. The number of hydrogen-bond acceptors (Lipinski definition) is 4. The molecule has 0 bridgehead atoms. The van der Waals surface area contributed by atoms with Gasteiger partial charge in [-0.15, -0.1) is 0 Å². The van der Waals surface area contributed by atoms with Gasteiger partial charge in [0, 0.05) is 6.42 Å². The molecular formula is C9H15NO3. The van der Waals surface area contributed by atoms with E-state index < -0.39 is 0 Å². The van der Waals surface area contributed by atoms with E-state index in [4.69, 9.17) is 19.8 Å². The molecule has 0 radical (unpaired) electrons. The zero-order valence-corrected chi connectivity index (χ0v) is 7.77. The number of aliphatic hydroxyl groups excluding tert-OH is 1. The van der Waals surface area contributed by atoms with Gasteiger partial charge in [0.15, 0.2) is 0 Å². The summed E-state index contributed by atoms with van der Waals surface area (Å²) in [7, 11) is 0. The molecule has 0 amide bonds. The minimum atomic E-state index is -0.214. The average molecular weight is 185 g/mol. The van der Waals surface area contributed by atoms with E-state index in [-0.39, 0.29) is 24.9 Å². The van der Waals surface area contributed by atoms with Crippen LogP contribution in [-0.4, -0.2) is 36.6 Å². The van der Waals surface area contributed by atoms with Crippen LogP contribution in [0.3, 0.4) is 0 Å². The second-order valence-electron chi connectivity index (χ2n) is 3.22. The van der Waals surface area contributed by atoms with Crippen LogP contribution in [0.4, 0.5) is 0 Å². The minimum Gasteiger partial charge on any atom is -0.394 e. The molecule has 1 fully saturated rings. The normalized spacial score (nSPS) is 33.2. The summed E-state index contributed by atoms with van der Waals surface area (Å²) in [5.74, 6) is 0. The number of nitrogens with zero attached hydrogens (tertiary/aromatic N) is 1. The summed E-state index contributed by atoms with van der Waals surface area (Å²) in [6.45, 7) is 2.37. The summed E-state index contributed by atoms with van der Waals surface area (Å²) < 4.78 is 10.8. The van der Waals surface area contributed by atoms with Gasteiger partial charge in [0.25, 0.3) is 0 Å². The van der Waals surface area contributed by atoms with Gasteiger partial charge >= 0.3 is 0 Å². The molecule has 1 aliphatic rings. The van der Waals surface area contributed by atoms with Crippen molar-refractivity contribution in [2.24, 2.45) is 0 Å². The fourth-order valence-corrected chi connectivity index (χ4v) is 1.51. The molecule has 0 aliphatic carbocycles. The standard InChI is InChI=1S/C9H15NO3/c1-7-5-8(9(6-11)13-7)12-4-2-3-10/h7-9,11H,2,4-6H2,1H3/t7-,8?,9+/m0/s1. The van der Waals surface area contributed by atoms with E-state index in [0.717, 1.165) is 6.42 Å². The molecule has 1 heterocycles. The van der Waals surface area contributed by atoms with Gasteiger partial charge in [-0.1, -0.05) is 0 Å². The lowest BCUT2D eigenvalue weighted by molar-refractivity contribution is -0.0430. The Morgan fingerprint density at radius 2 is 2.46 bits per heavy atom. The zero-order valence-electron chi connectivity index (χ0n) is 7.77. The van der Waals surface area contributed by atoms with E-state index in [2.05, 4.69) is 0 Å². The largest absolute Gasteiger partial charge is 0.394 e. The van der Waals surface area contributed by atoms with E-state index >= 15 is 0 Å². The lowest BCUT2D eigenvalue weighted by Gasteiger charge is -2.15. The van der Waals surface area contributed by atoms with Crippen LogP contribution in [-0.2, 0) is 9.47 Å². The van der Waals surface area contributed by atoms with Crippen LogP contribution >= 0.6 is 0 Å². The van der Waals surface area contributed by atoms with Crippen molar-refractivity contribution in [1.29, 1.82) is 5.26 Å². The molecule has 1 N–H and O–H groups in total. The van der Waals surface area contributed by atoms with Crippen LogP contribution in [0.2, 0.25) is 0 Å². The monoisotopic (exact) mass is 185 g/mol. The van der Waals surface area contributed by atoms with E-state index in [1.165, 1.54) is 0 Å². The number of nitriles is 1. The fourth-order valence-electron chi connectivity index (χ4n) is 1.51. The highest BCUT2D eigenvalue weighted by molar-refractivity contribution is 4.81. The highest BCUT2D eigenvalue weighted by atomic mass is 16.6. The molecule has 0 aromatic heterocycles. The van der Waals surface area contributed by atoms with E-state index in [1.54, 1.807) is 0 Å². The van der Waals surface area contributed by atoms with Crippen LogP contribution in [0.1, 0.15) is 19.8 Å². The smallest absolute Gasteiger partial charge is 0.107 e. The van der Waals surface area contributed by atoms with Crippen LogP contribution < -0.4 is 0 Å². The van der Waals surface area contributed by atoms with Crippen molar-refractivity contribution < 1.29 is 14.6 Å². The third-order valence-electron chi connectivity index (χ3n) is 2.11. The molecule has 74 valence electrons. The molecule has 1 saturated heterocycles. The summed E-state index contributed by atoms with van der Waals surface area (Å²) in [5.41, 5.74) is 0. The van der Waals surface area contributed by atoms with Crippen LogP contribution in [0.15, 0.2) is 0 Å². The second kappa shape index (κ2) is 5.18. The Labute approximate surface area is 78.1 Å². The zero-order chi connectivity index (χ0) is 9.68. The first-order chi connectivity index (χ1) is 6.27. The summed E-state index contributed by atoms with van der Waals surface area (Å²) in [4.78, 5) is 0. The topological polar surface area (TPSA) is 62.5 Å². The fraction of sp³-hybridized carbons (Fsp3) is 0.889. The van der Waals surface area contributed by atoms with Gasteiger partial charge in [0.1, 0.15) is 6.10 Å². The third kappa shape index (κ3) is 2.96. The van der Waals surface area contributed by atoms with Crippen molar-refractivity contribution in [3.05, 3.63) is 0 Å². The second-order valence-corrected chi connectivity index (χ2v) is 3.22. The molecule has 1 aliphatic heterocycles. The molecule has 1 unspecified atom stereocenters. The number of rotatable bonds is 4. The van der Waals surface area contributed by atoms with Gasteiger partial charge in [-0.05, 0) is 6.92 Å². The minimum absolute atomic E-state index is 0.0123. The first-order valence-electron chi connectivity index (χ1n) is 4.52. The van der Waals surface area contributed by atoms with E-state index in [1.807, 2.05) is 13.0 Å². The van der Waals surface area contributed by atoms with Gasteiger partial charge in [0.2, 0.25) is 0 Å². The summed E-state index contributed by atoms with van der Waals surface area (Å²) in [6.07, 6.45) is 1.07. The maximum atomic E-state index is 8.94. The van der Waals surface area contributed by atoms with Gasteiger partial charge < -0.3 is 14.6 Å². The van der Waals surface area contributed by atoms with Crippen molar-refractivity contribution in [2.75, 3.05) is 13.2 Å². The van der Waals surface area contributed by atoms with Crippen molar-refractivity contribution in [1.82, 2.24) is 0 Å². The molecule has 0 aromatic carbocycles. The molecule has 13 heavy (non-hydrogen) atoms. The summed E-state index contributed by atoms with van der Waals surface area (Å²) in [6, 6.07) is 2.01. The lowest BCUT2D eigenvalue weighted by atomic mass is 10.1. The Bertz CT molecular complexity index is 190. The predicted molar refractivity (Wildman–Crippen MR) is 46.0 cm³/mol. The maximum absolute atomic E-state index is 8.94. The molecular weight excluding hydrogens is 170 g/mol. The first kappa shape index (κ1) is 10.5. The van der Waals surface area contributed by atoms with Gasteiger partial charge in [0.05, 0.1) is 37.9 Å². The highest BCUT2D eigenvalue weighted by Gasteiger charge is 2.32. The Hall–Kier alpha value is -0.630. The van der Waals surface area contributed by atoms with Crippen LogP contribution in [0.5, 0.6) is 0 Å². The molecule has 0 saturated carbocycles. The number of hydrogen-bond donors (Lipinski definition) is 1. The molecule has 3 atom stereocenters. The Balaban J connectivity index is 2.27.